The van der Waals surface area contributed by atoms with Gasteiger partial charge >= 0.3 is 0 Å². The molecule has 0 spiro atoms. The number of hydrogen-bond donors (Lipinski definition) is 3. The second-order valence-electron chi connectivity index (χ2n) is 5.21. The molecule has 3 N–H and O–H groups in total. The summed E-state index contributed by atoms with van der Waals surface area (Å²) in [5.41, 5.74) is 7.06. The highest BCUT2D eigenvalue weighted by molar-refractivity contribution is 8.19. The number of amides is 1. The van der Waals surface area contributed by atoms with Crippen molar-refractivity contribution in [2.45, 2.75) is 4.58 Å². The molecular formula is C17H16FN3OS3. The normalized spacial score (nSPS) is 14.1. The van der Waals surface area contributed by atoms with Gasteiger partial charge in [0.2, 0.25) is 0 Å². The van der Waals surface area contributed by atoms with Crippen molar-refractivity contribution in [1.82, 2.24) is 10.9 Å². The number of carbonyl (C=O) groups excluding carboxylic acids is 1. The maximum absolute atomic E-state index is 13.5. The van der Waals surface area contributed by atoms with Crippen LogP contribution in [0, 0.1) is 5.82 Å². The zero-order valence-electron chi connectivity index (χ0n) is 13.1. The summed E-state index contributed by atoms with van der Waals surface area (Å²) in [6.45, 7) is 0. The number of thioether (sulfide) groups is 2. The van der Waals surface area contributed by atoms with Gasteiger partial charge in [-0.05, 0) is 42.0 Å². The van der Waals surface area contributed by atoms with Crippen LogP contribution in [-0.2, 0) is 0 Å². The van der Waals surface area contributed by atoms with Gasteiger partial charge < -0.3 is 5.32 Å². The van der Waals surface area contributed by atoms with Crippen molar-refractivity contribution < 1.29 is 9.18 Å². The molecule has 0 saturated carbocycles. The smallest absolute Gasteiger partial charge is 0.269 e. The van der Waals surface area contributed by atoms with Crippen molar-refractivity contribution in [2.75, 3.05) is 16.8 Å². The first-order chi connectivity index (χ1) is 12.1. The summed E-state index contributed by atoms with van der Waals surface area (Å²) in [5.74, 6) is 1.59. The summed E-state index contributed by atoms with van der Waals surface area (Å²) in [6.07, 6.45) is 0. The quantitative estimate of drug-likeness (QED) is 0.543. The number of hydrogen-bond acceptors (Lipinski definition) is 4. The average molecular weight is 394 g/mol. The Morgan fingerprint density at radius 3 is 2.40 bits per heavy atom. The highest BCUT2D eigenvalue weighted by Crippen LogP contribution is 2.45. The maximum Gasteiger partial charge on any atom is 0.269 e. The molecule has 8 heteroatoms. The first-order valence-corrected chi connectivity index (χ1v) is 10.1. The summed E-state index contributed by atoms with van der Waals surface area (Å²) in [5, 5.41) is 2.79. The number of carbonyl (C=O) groups is 1. The highest BCUT2D eigenvalue weighted by atomic mass is 32.2. The number of nitrogens with one attached hydrogen (secondary N) is 3. The zero-order chi connectivity index (χ0) is 17.6. The summed E-state index contributed by atoms with van der Waals surface area (Å²) in [4.78, 5) is 12.2. The van der Waals surface area contributed by atoms with Crippen LogP contribution in [0.2, 0.25) is 0 Å². The summed E-state index contributed by atoms with van der Waals surface area (Å²) < 4.78 is 14.0. The Kier molecular flexibility index (Phi) is 6.17. The van der Waals surface area contributed by atoms with Crippen molar-refractivity contribution in [3.8, 4) is 0 Å². The minimum absolute atomic E-state index is 0.105. The van der Waals surface area contributed by atoms with E-state index in [0.717, 1.165) is 11.5 Å². The molecule has 0 aromatic heterocycles. The molecule has 0 atom stereocenters. The van der Waals surface area contributed by atoms with Gasteiger partial charge in [0, 0.05) is 17.1 Å². The summed E-state index contributed by atoms with van der Waals surface area (Å²) in [6, 6.07) is 13.7. The molecule has 1 amide bonds. The van der Waals surface area contributed by atoms with Crippen LogP contribution in [-0.4, -0.2) is 22.5 Å². The molecule has 1 saturated heterocycles. The Morgan fingerprint density at radius 1 is 1.04 bits per heavy atom. The molecule has 2 aromatic carbocycles. The molecule has 0 unspecified atom stereocenters. The standard InChI is InChI=1S/C17H16FN3OS3/c18-13-3-1-2-4-14(13)19-17(23)21-20-15(22)11-5-7-12(8-6-11)16-24-9-10-25-16/h1-8,16H,9-10H2,(H,20,22)(H2,19,21,23). The van der Waals surface area contributed by atoms with Gasteiger partial charge in [0.15, 0.2) is 5.11 Å². The lowest BCUT2D eigenvalue weighted by atomic mass is 10.1. The van der Waals surface area contributed by atoms with Crippen molar-refractivity contribution >= 4 is 52.4 Å². The Labute approximate surface area is 159 Å². The molecule has 0 bridgehead atoms. The van der Waals surface area contributed by atoms with Crippen molar-refractivity contribution in [1.29, 1.82) is 0 Å². The van der Waals surface area contributed by atoms with Gasteiger partial charge in [-0.1, -0.05) is 24.3 Å². The monoisotopic (exact) mass is 393 g/mol. The fourth-order valence-corrected chi connectivity index (χ4v) is 5.26. The van der Waals surface area contributed by atoms with Crippen LogP contribution in [0.1, 0.15) is 20.5 Å². The third-order valence-electron chi connectivity index (χ3n) is 3.48. The van der Waals surface area contributed by atoms with Gasteiger partial charge in [0.25, 0.3) is 5.91 Å². The zero-order valence-corrected chi connectivity index (χ0v) is 15.6. The third-order valence-corrected chi connectivity index (χ3v) is 6.79. The molecule has 1 fully saturated rings. The Morgan fingerprint density at radius 2 is 1.72 bits per heavy atom. The minimum atomic E-state index is -0.420. The van der Waals surface area contributed by atoms with Gasteiger partial charge in [-0.15, -0.1) is 23.5 Å². The van der Waals surface area contributed by atoms with Gasteiger partial charge in [0.1, 0.15) is 5.82 Å². The Balaban J connectivity index is 1.51. The largest absolute Gasteiger partial charge is 0.329 e. The number of anilines is 1. The second-order valence-corrected chi connectivity index (χ2v) is 8.34. The molecule has 130 valence electrons. The first-order valence-electron chi connectivity index (χ1n) is 7.58. The van der Waals surface area contributed by atoms with Crippen LogP contribution in [0.4, 0.5) is 10.1 Å². The van der Waals surface area contributed by atoms with Crippen LogP contribution in [0.25, 0.3) is 0 Å². The van der Waals surface area contributed by atoms with Gasteiger partial charge in [-0.3, -0.25) is 15.6 Å². The lowest BCUT2D eigenvalue weighted by molar-refractivity contribution is 0.0944. The lowest BCUT2D eigenvalue weighted by Crippen LogP contribution is -2.43. The van der Waals surface area contributed by atoms with Gasteiger partial charge in [-0.25, -0.2) is 4.39 Å². The Bertz CT molecular complexity index is 764. The van der Waals surface area contributed by atoms with Crippen LogP contribution in [0.5, 0.6) is 0 Å². The van der Waals surface area contributed by atoms with E-state index in [4.69, 9.17) is 12.2 Å². The van der Waals surface area contributed by atoms with Crippen LogP contribution >= 0.6 is 35.7 Å². The summed E-state index contributed by atoms with van der Waals surface area (Å²) in [7, 11) is 0. The van der Waals surface area contributed by atoms with E-state index in [1.54, 1.807) is 30.3 Å². The molecular weight excluding hydrogens is 377 g/mol. The van der Waals surface area contributed by atoms with Crippen molar-refractivity contribution in [3.63, 3.8) is 0 Å². The van der Waals surface area contributed by atoms with E-state index in [2.05, 4.69) is 16.2 Å². The molecule has 25 heavy (non-hydrogen) atoms. The fraction of sp³-hybridized carbons (Fsp3) is 0.176. The molecule has 4 nitrogen and oxygen atoms in total. The highest BCUT2D eigenvalue weighted by Gasteiger charge is 2.18. The molecule has 1 aliphatic heterocycles. The van der Waals surface area contributed by atoms with Gasteiger partial charge in [0.05, 0.1) is 10.3 Å². The van der Waals surface area contributed by atoms with Crippen molar-refractivity contribution in [2.24, 2.45) is 0 Å². The molecule has 1 heterocycles. The van der Waals surface area contributed by atoms with E-state index >= 15 is 0 Å². The SMILES string of the molecule is O=C(NNC(=S)Nc1ccccc1F)c1ccc(C2SCCS2)cc1. The number of benzene rings is 2. The summed E-state index contributed by atoms with van der Waals surface area (Å²) >= 11 is 8.89. The number of thiocarbonyl (C=S) groups is 1. The average Bonchev–Trinajstić information content (AvgIpc) is 3.16. The van der Waals surface area contributed by atoms with E-state index in [1.807, 2.05) is 35.7 Å². The van der Waals surface area contributed by atoms with E-state index in [1.165, 1.54) is 11.6 Å². The molecule has 0 radical (unpaired) electrons. The number of para-hydroxylation sites is 1. The van der Waals surface area contributed by atoms with E-state index in [9.17, 15) is 9.18 Å². The van der Waals surface area contributed by atoms with Gasteiger partial charge in [-0.2, -0.15) is 0 Å². The predicted octanol–water partition coefficient (Wildman–Crippen LogP) is 3.94. The maximum atomic E-state index is 13.5. The Hall–Kier alpha value is -1.77. The fourth-order valence-electron chi connectivity index (χ4n) is 2.24. The molecule has 2 aromatic rings. The molecule has 1 aliphatic rings. The second kappa shape index (κ2) is 8.55. The number of hydrazine groups is 1. The number of halogens is 1. The van der Waals surface area contributed by atoms with E-state index in [0.29, 0.717) is 10.1 Å². The minimum Gasteiger partial charge on any atom is -0.329 e. The third kappa shape index (κ3) is 4.87. The first kappa shape index (κ1) is 18.0. The van der Waals surface area contributed by atoms with E-state index in [-0.39, 0.29) is 16.7 Å². The molecule has 0 aliphatic carbocycles. The number of rotatable bonds is 3. The lowest BCUT2D eigenvalue weighted by Gasteiger charge is -2.13. The van der Waals surface area contributed by atoms with Crippen LogP contribution in [0.3, 0.4) is 0 Å². The van der Waals surface area contributed by atoms with Crippen molar-refractivity contribution in [3.05, 3.63) is 65.5 Å². The molecule has 3 rings (SSSR count). The van der Waals surface area contributed by atoms with Crippen LogP contribution in [0.15, 0.2) is 48.5 Å². The van der Waals surface area contributed by atoms with Crippen LogP contribution < -0.4 is 16.2 Å². The predicted molar refractivity (Wildman–Crippen MR) is 107 cm³/mol. The topological polar surface area (TPSA) is 53.2 Å². The van der Waals surface area contributed by atoms with E-state index < -0.39 is 5.82 Å².